The minimum absolute atomic E-state index is 0.117. The van der Waals surface area contributed by atoms with Gasteiger partial charge in [0.1, 0.15) is 0 Å². The Balaban J connectivity index is 2.09. The second kappa shape index (κ2) is 5.88. The lowest BCUT2D eigenvalue weighted by Gasteiger charge is -2.04. The lowest BCUT2D eigenvalue weighted by atomic mass is 10.2. The molecule has 0 saturated heterocycles. The second-order valence-corrected chi connectivity index (χ2v) is 3.74. The van der Waals surface area contributed by atoms with E-state index in [1.54, 1.807) is 19.4 Å². The zero-order valence-electron chi connectivity index (χ0n) is 10.1. The molecule has 92 valence electrons. The fourth-order valence-electron chi connectivity index (χ4n) is 1.49. The topological polar surface area (TPSA) is 66.9 Å². The van der Waals surface area contributed by atoms with Gasteiger partial charge in [0.05, 0.1) is 24.6 Å². The first-order valence-corrected chi connectivity index (χ1v) is 5.61. The number of hydrogen-bond acceptors (Lipinski definition) is 4. The summed E-state index contributed by atoms with van der Waals surface area (Å²) in [7, 11) is 1.72. The smallest absolute Gasteiger partial charge is 0.238 e. The van der Waals surface area contributed by atoms with Crippen molar-refractivity contribution in [3.8, 4) is 11.4 Å². The maximum absolute atomic E-state index is 11.3. The molecule has 2 rings (SSSR count). The van der Waals surface area contributed by atoms with Crippen molar-refractivity contribution in [2.45, 2.75) is 0 Å². The summed E-state index contributed by atoms with van der Waals surface area (Å²) in [5.74, 6) is 0.524. The summed E-state index contributed by atoms with van der Waals surface area (Å²) in [6.45, 7) is 0.264. The molecule has 5 heteroatoms. The molecule has 18 heavy (non-hydrogen) atoms. The molecular formula is C13H14N4O. The Morgan fingerprint density at radius 3 is 2.44 bits per heavy atom. The summed E-state index contributed by atoms with van der Waals surface area (Å²) < 4.78 is 0. The minimum Gasteiger partial charge on any atom is -0.322 e. The van der Waals surface area contributed by atoms with E-state index >= 15 is 0 Å². The minimum atomic E-state index is -0.117. The van der Waals surface area contributed by atoms with Crippen LogP contribution >= 0.6 is 0 Å². The molecule has 0 unspecified atom stereocenters. The summed E-state index contributed by atoms with van der Waals surface area (Å²) in [4.78, 5) is 19.8. The predicted molar refractivity (Wildman–Crippen MR) is 70.0 cm³/mol. The zero-order valence-corrected chi connectivity index (χ0v) is 10.1. The van der Waals surface area contributed by atoms with Crippen LogP contribution in [0.5, 0.6) is 0 Å². The lowest BCUT2D eigenvalue weighted by Crippen LogP contribution is -2.25. The van der Waals surface area contributed by atoms with Gasteiger partial charge in [-0.15, -0.1) is 0 Å². The zero-order chi connectivity index (χ0) is 12.8. The monoisotopic (exact) mass is 242 g/mol. The molecule has 2 aromatic rings. The van der Waals surface area contributed by atoms with E-state index in [2.05, 4.69) is 20.6 Å². The Morgan fingerprint density at radius 1 is 1.17 bits per heavy atom. The number of rotatable bonds is 4. The van der Waals surface area contributed by atoms with E-state index in [1.807, 2.05) is 30.3 Å². The number of hydrogen-bond donors (Lipinski definition) is 2. The third-order valence-electron chi connectivity index (χ3n) is 2.30. The highest BCUT2D eigenvalue weighted by Gasteiger charge is 2.03. The van der Waals surface area contributed by atoms with Gasteiger partial charge in [-0.3, -0.25) is 4.79 Å². The number of nitrogens with one attached hydrogen (secondary N) is 2. The SMILES string of the molecule is CNCC(=O)Nc1cnc(-c2ccccc2)nc1. The van der Waals surface area contributed by atoms with Crippen molar-refractivity contribution in [1.82, 2.24) is 15.3 Å². The number of benzene rings is 1. The van der Waals surface area contributed by atoms with Crippen LogP contribution in [0.15, 0.2) is 42.7 Å². The van der Waals surface area contributed by atoms with Crippen LogP contribution in [0.1, 0.15) is 0 Å². The van der Waals surface area contributed by atoms with Crippen LogP contribution in [0.25, 0.3) is 11.4 Å². The van der Waals surface area contributed by atoms with Crippen LogP contribution < -0.4 is 10.6 Å². The van der Waals surface area contributed by atoms with Gasteiger partial charge in [0.25, 0.3) is 0 Å². The highest BCUT2D eigenvalue weighted by atomic mass is 16.1. The number of amides is 1. The van der Waals surface area contributed by atoms with Crippen LogP contribution in [0.3, 0.4) is 0 Å². The molecule has 0 radical (unpaired) electrons. The van der Waals surface area contributed by atoms with E-state index < -0.39 is 0 Å². The quantitative estimate of drug-likeness (QED) is 0.848. The second-order valence-electron chi connectivity index (χ2n) is 3.74. The van der Waals surface area contributed by atoms with Gasteiger partial charge in [0.2, 0.25) is 5.91 Å². The van der Waals surface area contributed by atoms with Crippen LogP contribution in [0, 0.1) is 0 Å². The van der Waals surface area contributed by atoms with Crippen LogP contribution in [0.4, 0.5) is 5.69 Å². The number of carbonyl (C=O) groups excluding carboxylic acids is 1. The van der Waals surface area contributed by atoms with Crippen molar-refractivity contribution < 1.29 is 4.79 Å². The number of anilines is 1. The molecular weight excluding hydrogens is 228 g/mol. The Bertz CT molecular complexity index is 510. The summed E-state index contributed by atoms with van der Waals surface area (Å²) >= 11 is 0. The molecule has 0 aliphatic heterocycles. The lowest BCUT2D eigenvalue weighted by molar-refractivity contribution is -0.115. The number of nitrogens with zero attached hydrogens (tertiary/aromatic N) is 2. The van der Waals surface area contributed by atoms with Crippen molar-refractivity contribution in [1.29, 1.82) is 0 Å². The molecule has 1 aromatic heterocycles. The molecule has 0 aliphatic carbocycles. The first-order valence-electron chi connectivity index (χ1n) is 5.61. The number of likely N-dealkylation sites (N-methyl/N-ethyl adjacent to an activating group) is 1. The van der Waals surface area contributed by atoms with E-state index in [-0.39, 0.29) is 12.5 Å². The summed E-state index contributed by atoms with van der Waals surface area (Å²) in [6.07, 6.45) is 3.20. The maximum atomic E-state index is 11.3. The predicted octanol–water partition coefficient (Wildman–Crippen LogP) is 1.30. The fourth-order valence-corrected chi connectivity index (χ4v) is 1.49. The van der Waals surface area contributed by atoms with Crippen LogP contribution in [-0.2, 0) is 4.79 Å². The molecule has 1 aromatic carbocycles. The van der Waals surface area contributed by atoms with Crippen molar-refractivity contribution in [3.63, 3.8) is 0 Å². The first kappa shape index (κ1) is 12.2. The van der Waals surface area contributed by atoms with Gasteiger partial charge in [-0.1, -0.05) is 30.3 Å². The Kier molecular flexibility index (Phi) is 3.98. The molecule has 5 nitrogen and oxygen atoms in total. The van der Waals surface area contributed by atoms with Crippen LogP contribution in [0.2, 0.25) is 0 Å². The van der Waals surface area contributed by atoms with E-state index in [4.69, 9.17) is 0 Å². The first-order chi connectivity index (χ1) is 8.79. The van der Waals surface area contributed by atoms with Crippen LogP contribution in [-0.4, -0.2) is 29.5 Å². The van der Waals surface area contributed by atoms with Gasteiger partial charge in [0.15, 0.2) is 5.82 Å². The third-order valence-corrected chi connectivity index (χ3v) is 2.30. The van der Waals surface area contributed by atoms with E-state index in [1.165, 1.54) is 0 Å². The van der Waals surface area contributed by atoms with Gasteiger partial charge in [0, 0.05) is 5.56 Å². The molecule has 0 atom stereocenters. The molecule has 0 spiro atoms. The van der Waals surface area contributed by atoms with Gasteiger partial charge >= 0.3 is 0 Å². The molecule has 1 amide bonds. The maximum Gasteiger partial charge on any atom is 0.238 e. The average Bonchev–Trinajstić information content (AvgIpc) is 2.41. The van der Waals surface area contributed by atoms with E-state index in [9.17, 15) is 4.79 Å². The van der Waals surface area contributed by atoms with Crippen molar-refractivity contribution in [3.05, 3.63) is 42.7 Å². The molecule has 0 aliphatic rings. The standard InChI is InChI=1S/C13H14N4O/c1-14-9-12(18)17-11-7-15-13(16-8-11)10-5-3-2-4-6-10/h2-8,14H,9H2,1H3,(H,17,18). The molecule has 2 N–H and O–H groups in total. The third kappa shape index (κ3) is 3.11. The normalized spacial score (nSPS) is 10.1. The summed E-state index contributed by atoms with van der Waals surface area (Å²) in [5.41, 5.74) is 1.54. The highest BCUT2D eigenvalue weighted by molar-refractivity contribution is 5.91. The fraction of sp³-hybridized carbons (Fsp3) is 0.154. The van der Waals surface area contributed by atoms with E-state index in [0.717, 1.165) is 5.56 Å². The molecule has 1 heterocycles. The van der Waals surface area contributed by atoms with Crippen molar-refractivity contribution in [2.24, 2.45) is 0 Å². The van der Waals surface area contributed by atoms with Gasteiger partial charge in [-0.25, -0.2) is 9.97 Å². The molecule has 0 fully saturated rings. The largest absolute Gasteiger partial charge is 0.322 e. The van der Waals surface area contributed by atoms with Gasteiger partial charge < -0.3 is 10.6 Å². The number of carbonyl (C=O) groups is 1. The number of aromatic nitrogens is 2. The molecule has 0 bridgehead atoms. The molecule has 0 saturated carbocycles. The van der Waals surface area contributed by atoms with Crippen molar-refractivity contribution >= 4 is 11.6 Å². The Morgan fingerprint density at radius 2 is 1.83 bits per heavy atom. The van der Waals surface area contributed by atoms with E-state index in [0.29, 0.717) is 11.5 Å². The Hall–Kier alpha value is -2.27. The van der Waals surface area contributed by atoms with Crippen molar-refractivity contribution in [2.75, 3.05) is 18.9 Å². The average molecular weight is 242 g/mol. The summed E-state index contributed by atoms with van der Waals surface area (Å²) in [6, 6.07) is 9.68. The highest BCUT2D eigenvalue weighted by Crippen LogP contribution is 2.14. The van der Waals surface area contributed by atoms with Gasteiger partial charge in [-0.2, -0.15) is 0 Å². The van der Waals surface area contributed by atoms with Gasteiger partial charge in [-0.05, 0) is 7.05 Å². The Labute approximate surface area is 105 Å². The summed E-state index contributed by atoms with van der Waals surface area (Å²) in [5, 5.41) is 5.47.